The molecule has 0 spiro atoms. The van der Waals surface area contributed by atoms with E-state index in [4.69, 9.17) is 21.3 Å². The summed E-state index contributed by atoms with van der Waals surface area (Å²) in [6.07, 6.45) is 2.29. The molecule has 1 aliphatic rings. The van der Waals surface area contributed by atoms with Gasteiger partial charge in [0.05, 0.1) is 18.8 Å². The van der Waals surface area contributed by atoms with Crippen molar-refractivity contribution >= 4 is 29.1 Å². The van der Waals surface area contributed by atoms with Crippen LogP contribution in [-0.4, -0.2) is 34.1 Å². The topological polar surface area (TPSA) is 89.3 Å². The normalized spacial score (nSPS) is 14.8. The standard InChI is InChI=1S/C27H24ClN5O3/c1-32-26(35)23(36-2)21(25(34)30-20-13-8-15-29-24(20)28)31-27(32)33-16-14-17-9-6-7-12-19(17)22(33)18-10-4-3-5-11-18/h3-13,15,22H,14,16H2,1-2H3,(H,30,34). The van der Waals surface area contributed by atoms with Crippen molar-refractivity contribution in [1.82, 2.24) is 14.5 Å². The van der Waals surface area contributed by atoms with E-state index in [1.807, 2.05) is 30.3 Å². The van der Waals surface area contributed by atoms with Crippen molar-refractivity contribution in [1.29, 1.82) is 0 Å². The minimum atomic E-state index is -0.616. The Bertz CT molecular complexity index is 1490. The zero-order valence-electron chi connectivity index (χ0n) is 19.8. The van der Waals surface area contributed by atoms with E-state index in [-0.39, 0.29) is 22.6 Å². The van der Waals surface area contributed by atoms with Gasteiger partial charge in [-0.1, -0.05) is 66.2 Å². The molecule has 1 unspecified atom stereocenters. The SMILES string of the molecule is COc1c(C(=O)Nc2cccnc2Cl)nc(N2CCc3ccccc3C2c2ccccc2)n(C)c1=O. The van der Waals surface area contributed by atoms with Gasteiger partial charge >= 0.3 is 0 Å². The first-order chi connectivity index (χ1) is 17.5. The Balaban J connectivity index is 1.64. The summed E-state index contributed by atoms with van der Waals surface area (Å²) in [6, 6.07) is 21.4. The second kappa shape index (κ2) is 9.83. The molecule has 1 N–H and O–H groups in total. The number of carbonyl (C=O) groups excluding carboxylic acids is 1. The minimum absolute atomic E-state index is 0.124. The number of nitrogens with zero attached hydrogens (tertiary/aromatic N) is 4. The van der Waals surface area contributed by atoms with Crippen molar-refractivity contribution < 1.29 is 9.53 Å². The molecule has 1 atom stereocenters. The fourth-order valence-electron chi connectivity index (χ4n) is 4.60. The Kier molecular flexibility index (Phi) is 6.43. The van der Waals surface area contributed by atoms with Crippen LogP contribution >= 0.6 is 11.6 Å². The number of pyridine rings is 1. The number of ether oxygens (including phenoxy) is 1. The third-order valence-electron chi connectivity index (χ3n) is 6.31. The van der Waals surface area contributed by atoms with Gasteiger partial charge in [0.15, 0.2) is 10.8 Å². The van der Waals surface area contributed by atoms with Crippen LogP contribution in [0.3, 0.4) is 0 Å². The quantitative estimate of drug-likeness (QED) is 0.411. The molecule has 9 heteroatoms. The first kappa shape index (κ1) is 23.6. The smallest absolute Gasteiger partial charge is 0.297 e. The molecule has 1 amide bonds. The lowest BCUT2D eigenvalue weighted by Gasteiger charge is -2.39. The molecular formula is C27H24ClN5O3. The van der Waals surface area contributed by atoms with Gasteiger partial charge in [-0.2, -0.15) is 0 Å². The molecule has 2 aromatic heterocycles. The van der Waals surface area contributed by atoms with Crippen molar-refractivity contribution in [3.05, 3.63) is 111 Å². The van der Waals surface area contributed by atoms with E-state index in [9.17, 15) is 9.59 Å². The number of rotatable bonds is 5. The van der Waals surface area contributed by atoms with E-state index in [1.54, 1.807) is 19.2 Å². The van der Waals surface area contributed by atoms with Gasteiger partial charge in [0.2, 0.25) is 11.7 Å². The third-order valence-corrected chi connectivity index (χ3v) is 6.61. The van der Waals surface area contributed by atoms with E-state index in [2.05, 4.69) is 39.5 Å². The number of nitrogens with one attached hydrogen (secondary N) is 1. The first-order valence-electron chi connectivity index (χ1n) is 11.5. The van der Waals surface area contributed by atoms with Crippen LogP contribution in [0.4, 0.5) is 11.6 Å². The van der Waals surface area contributed by atoms with Crippen LogP contribution in [-0.2, 0) is 13.5 Å². The van der Waals surface area contributed by atoms with Crippen LogP contribution in [0, 0.1) is 0 Å². The highest BCUT2D eigenvalue weighted by molar-refractivity contribution is 6.32. The summed E-state index contributed by atoms with van der Waals surface area (Å²) >= 11 is 6.12. The van der Waals surface area contributed by atoms with Crippen LogP contribution in [0.5, 0.6) is 5.75 Å². The summed E-state index contributed by atoms with van der Waals surface area (Å²) in [5.41, 5.74) is 3.16. The lowest BCUT2D eigenvalue weighted by Crippen LogP contribution is -2.41. The lowest BCUT2D eigenvalue weighted by atomic mass is 9.88. The summed E-state index contributed by atoms with van der Waals surface area (Å²) in [4.78, 5) is 37.4. The zero-order valence-corrected chi connectivity index (χ0v) is 20.6. The summed E-state index contributed by atoms with van der Waals surface area (Å²) in [7, 11) is 2.98. The van der Waals surface area contributed by atoms with Crippen LogP contribution < -0.4 is 20.5 Å². The molecule has 0 aliphatic carbocycles. The summed E-state index contributed by atoms with van der Waals surface area (Å²) in [5.74, 6) is -0.395. The second-order valence-corrected chi connectivity index (χ2v) is 8.77. The van der Waals surface area contributed by atoms with E-state index < -0.39 is 11.5 Å². The van der Waals surface area contributed by atoms with E-state index in [0.29, 0.717) is 18.2 Å². The van der Waals surface area contributed by atoms with Gasteiger partial charge in [-0.25, -0.2) is 9.97 Å². The van der Waals surface area contributed by atoms with Crippen molar-refractivity contribution in [2.45, 2.75) is 12.5 Å². The zero-order chi connectivity index (χ0) is 25.2. The fraction of sp³-hybridized carbons (Fsp3) is 0.185. The maximum Gasteiger partial charge on any atom is 0.297 e. The molecule has 182 valence electrons. The fourth-order valence-corrected chi connectivity index (χ4v) is 4.77. The average molecular weight is 502 g/mol. The van der Waals surface area contributed by atoms with Crippen LogP contribution in [0.1, 0.15) is 33.2 Å². The molecule has 4 aromatic rings. The van der Waals surface area contributed by atoms with Gasteiger partial charge < -0.3 is 15.0 Å². The van der Waals surface area contributed by atoms with Crippen LogP contribution in [0.2, 0.25) is 5.15 Å². The van der Waals surface area contributed by atoms with Gasteiger partial charge in [-0.3, -0.25) is 14.2 Å². The Labute approximate surface area is 213 Å². The highest BCUT2D eigenvalue weighted by atomic mass is 35.5. The number of hydrogen-bond donors (Lipinski definition) is 1. The summed E-state index contributed by atoms with van der Waals surface area (Å²) in [5, 5.41) is 2.82. The predicted molar refractivity (Wildman–Crippen MR) is 139 cm³/mol. The Hall–Kier alpha value is -4.17. The molecule has 3 heterocycles. The predicted octanol–water partition coefficient (Wildman–Crippen LogP) is 4.24. The van der Waals surface area contributed by atoms with Crippen LogP contribution in [0.15, 0.2) is 77.7 Å². The number of fused-ring (bicyclic) bond motifs is 1. The van der Waals surface area contributed by atoms with Crippen molar-refractivity contribution in [2.75, 3.05) is 23.9 Å². The van der Waals surface area contributed by atoms with Crippen molar-refractivity contribution in [3.8, 4) is 5.75 Å². The maximum absolute atomic E-state index is 13.3. The summed E-state index contributed by atoms with van der Waals surface area (Å²) in [6.45, 7) is 0.610. The number of carbonyl (C=O) groups is 1. The minimum Gasteiger partial charge on any atom is -0.489 e. The van der Waals surface area contributed by atoms with Gasteiger partial charge in [0.25, 0.3) is 11.5 Å². The molecule has 0 radical (unpaired) electrons. The number of hydrogen-bond acceptors (Lipinski definition) is 6. The highest BCUT2D eigenvalue weighted by Gasteiger charge is 2.33. The van der Waals surface area contributed by atoms with Crippen molar-refractivity contribution in [3.63, 3.8) is 0 Å². The monoisotopic (exact) mass is 501 g/mol. The maximum atomic E-state index is 13.3. The Morgan fingerprint density at radius 3 is 2.58 bits per heavy atom. The lowest BCUT2D eigenvalue weighted by molar-refractivity contribution is 0.101. The molecule has 0 saturated heterocycles. The highest BCUT2D eigenvalue weighted by Crippen LogP contribution is 2.37. The Morgan fingerprint density at radius 2 is 1.83 bits per heavy atom. The van der Waals surface area contributed by atoms with E-state index in [0.717, 1.165) is 17.5 Å². The largest absolute Gasteiger partial charge is 0.489 e. The molecule has 5 rings (SSSR count). The molecule has 0 bridgehead atoms. The molecule has 36 heavy (non-hydrogen) atoms. The molecular weight excluding hydrogens is 478 g/mol. The summed E-state index contributed by atoms with van der Waals surface area (Å²) < 4.78 is 6.76. The van der Waals surface area contributed by atoms with E-state index in [1.165, 1.54) is 23.4 Å². The number of anilines is 2. The van der Waals surface area contributed by atoms with Gasteiger partial charge in [0.1, 0.15) is 0 Å². The number of halogens is 1. The molecule has 0 fully saturated rings. The Morgan fingerprint density at radius 1 is 1.08 bits per heavy atom. The van der Waals surface area contributed by atoms with Gasteiger partial charge in [0, 0.05) is 19.8 Å². The number of methoxy groups -OCH3 is 1. The average Bonchev–Trinajstić information content (AvgIpc) is 2.91. The molecule has 1 aliphatic heterocycles. The molecule has 0 saturated carbocycles. The van der Waals surface area contributed by atoms with E-state index >= 15 is 0 Å². The van der Waals surface area contributed by atoms with Crippen LogP contribution in [0.25, 0.3) is 0 Å². The number of benzene rings is 2. The van der Waals surface area contributed by atoms with Gasteiger partial charge in [-0.15, -0.1) is 0 Å². The second-order valence-electron chi connectivity index (χ2n) is 8.41. The third kappa shape index (κ3) is 4.20. The van der Waals surface area contributed by atoms with Gasteiger partial charge in [-0.05, 0) is 35.2 Å². The van der Waals surface area contributed by atoms with Crippen molar-refractivity contribution in [2.24, 2.45) is 7.05 Å². The first-order valence-corrected chi connectivity index (χ1v) is 11.8. The number of amides is 1. The molecule has 2 aromatic carbocycles. The molecule has 8 nitrogen and oxygen atoms in total. The number of aromatic nitrogens is 3.